The third-order valence-electron chi connectivity index (χ3n) is 3.53. The third-order valence-corrected chi connectivity index (χ3v) is 4.41. The Morgan fingerprint density at radius 3 is 2.79 bits per heavy atom. The van der Waals surface area contributed by atoms with Gasteiger partial charge >= 0.3 is 0 Å². The number of aryl methyl sites for hydroxylation is 2. The molecule has 0 amide bonds. The maximum Gasteiger partial charge on any atom is 0.223 e. The second kappa shape index (κ2) is 8.01. The van der Waals surface area contributed by atoms with E-state index in [0.717, 1.165) is 23.6 Å². The van der Waals surface area contributed by atoms with Crippen LogP contribution in [0.15, 0.2) is 40.0 Å². The maximum absolute atomic E-state index is 5.05. The number of rotatable bonds is 8. The second-order valence-corrected chi connectivity index (χ2v) is 6.55. The molecule has 126 valence electrons. The zero-order valence-corrected chi connectivity index (χ0v) is 14.7. The lowest BCUT2D eigenvalue weighted by Gasteiger charge is -2.04. The van der Waals surface area contributed by atoms with Crippen molar-refractivity contribution in [3.8, 4) is 0 Å². The van der Waals surface area contributed by atoms with Crippen molar-refractivity contribution in [3.63, 3.8) is 0 Å². The minimum atomic E-state index is 0.634. The summed E-state index contributed by atoms with van der Waals surface area (Å²) in [4.78, 5) is 4.43. The molecule has 0 aliphatic heterocycles. The third kappa shape index (κ3) is 4.61. The molecule has 6 nitrogen and oxygen atoms in total. The number of H-pyrrole nitrogens is 1. The molecule has 7 heteroatoms. The molecule has 0 aliphatic carbocycles. The molecule has 0 aliphatic rings. The first-order chi connectivity index (χ1) is 11.7. The Morgan fingerprint density at radius 1 is 1.25 bits per heavy atom. The summed E-state index contributed by atoms with van der Waals surface area (Å²) in [5.74, 6) is 2.13. The Hall–Kier alpha value is -2.28. The van der Waals surface area contributed by atoms with E-state index in [-0.39, 0.29) is 0 Å². The quantitative estimate of drug-likeness (QED) is 0.587. The number of hydrogen-bond donors (Lipinski definition) is 2. The lowest BCUT2D eigenvalue weighted by molar-refractivity contribution is 0.393. The minimum absolute atomic E-state index is 0.634. The van der Waals surface area contributed by atoms with E-state index in [1.165, 1.54) is 30.2 Å². The van der Waals surface area contributed by atoms with Gasteiger partial charge in [-0.15, -0.1) is 5.10 Å². The zero-order chi connectivity index (χ0) is 16.8. The standard InChI is InChI=1S/C17H21N5OS/c1-3-4-5-13-6-8-14(9-7-13)18-16-19-17(21-20-16)24-11-15-10-12(2)23-22-15/h6-10H,3-5,11H2,1-2H3,(H2,18,19,20,21). The predicted octanol–water partition coefficient (Wildman–Crippen LogP) is 4.48. The van der Waals surface area contributed by atoms with E-state index in [4.69, 9.17) is 4.52 Å². The second-order valence-electron chi connectivity index (χ2n) is 5.61. The molecule has 24 heavy (non-hydrogen) atoms. The molecule has 2 N–H and O–H groups in total. The van der Waals surface area contributed by atoms with Crippen LogP contribution in [0.5, 0.6) is 0 Å². The molecule has 3 rings (SSSR count). The number of benzene rings is 1. The van der Waals surface area contributed by atoms with Gasteiger partial charge in [0, 0.05) is 17.5 Å². The van der Waals surface area contributed by atoms with Gasteiger partial charge in [-0.05, 0) is 37.5 Å². The predicted molar refractivity (Wildman–Crippen MR) is 95.5 cm³/mol. The van der Waals surface area contributed by atoms with Crippen LogP contribution in [0.3, 0.4) is 0 Å². The van der Waals surface area contributed by atoms with E-state index in [1.54, 1.807) is 0 Å². The van der Waals surface area contributed by atoms with Gasteiger partial charge in [-0.1, -0.05) is 42.4 Å². The average Bonchev–Trinajstić information content (AvgIpc) is 3.21. The Bertz CT molecular complexity index is 765. The first kappa shape index (κ1) is 16.6. The van der Waals surface area contributed by atoms with Crippen molar-refractivity contribution < 1.29 is 4.52 Å². The molecule has 2 aromatic heterocycles. The van der Waals surface area contributed by atoms with Crippen LogP contribution in [-0.2, 0) is 12.2 Å². The number of anilines is 2. The van der Waals surface area contributed by atoms with E-state index < -0.39 is 0 Å². The summed E-state index contributed by atoms with van der Waals surface area (Å²) in [5, 5.41) is 15.0. The molecule has 0 fully saturated rings. The number of unbranched alkanes of at least 4 members (excludes halogenated alkanes) is 1. The fourth-order valence-corrected chi connectivity index (χ4v) is 2.94. The van der Waals surface area contributed by atoms with Crippen molar-refractivity contribution in [2.75, 3.05) is 5.32 Å². The normalized spacial score (nSPS) is 10.9. The summed E-state index contributed by atoms with van der Waals surface area (Å²) in [6.07, 6.45) is 3.56. The van der Waals surface area contributed by atoms with Crippen LogP contribution in [0.25, 0.3) is 0 Å². The van der Waals surface area contributed by atoms with Gasteiger partial charge < -0.3 is 9.84 Å². The van der Waals surface area contributed by atoms with Crippen molar-refractivity contribution >= 4 is 23.4 Å². The summed E-state index contributed by atoms with van der Waals surface area (Å²) in [7, 11) is 0. The molecular formula is C17H21N5OS. The van der Waals surface area contributed by atoms with Crippen LogP contribution in [0, 0.1) is 6.92 Å². The molecule has 0 bridgehead atoms. The molecular weight excluding hydrogens is 322 g/mol. The topological polar surface area (TPSA) is 79.6 Å². The van der Waals surface area contributed by atoms with E-state index in [0.29, 0.717) is 16.9 Å². The summed E-state index contributed by atoms with van der Waals surface area (Å²) in [6, 6.07) is 10.4. The molecule has 0 saturated carbocycles. The van der Waals surface area contributed by atoms with Crippen molar-refractivity contribution in [2.24, 2.45) is 0 Å². The smallest absolute Gasteiger partial charge is 0.223 e. The Kier molecular flexibility index (Phi) is 5.53. The number of nitrogens with zero attached hydrogens (tertiary/aromatic N) is 3. The van der Waals surface area contributed by atoms with E-state index >= 15 is 0 Å². The van der Waals surface area contributed by atoms with Gasteiger partial charge in [0.25, 0.3) is 0 Å². The van der Waals surface area contributed by atoms with Crippen LogP contribution >= 0.6 is 11.8 Å². The highest BCUT2D eigenvalue weighted by molar-refractivity contribution is 7.98. The van der Waals surface area contributed by atoms with Gasteiger partial charge in [0.1, 0.15) is 5.76 Å². The van der Waals surface area contributed by atoms with Crippen LogP contribution in [0.1, 0.15) is 36.8 Å². The molecule has 0 spiro atoms. The molecule has 0 saturated heterocycles. The van der Waals surface area contributed by atoms with Crippen LogP contribution in [0.4, 0.5) is 11.6 Å². The van der Waals surface area contributed by atoms with Crippen molar-refractivity contribution in [1.82, 2.24) is 20.3 Å². The number of nitrogens with one attached hydrogen (secondary N) is 2. The lowest BCUT2D eigenvalue weighted by atomic mass is 10.1. The highest BCUT2D eigenvalue weighted by Crippen LogP contribution is 2.21. The molecule has 0 unspecified atom stereocenters. The highest BCUT2D eigenvalue weighted by atomic mass is 32.2. The highest BCUT2D eigenvalue weighted by Gasteiger charge is 2.07. The van der Waals surface area contributed by atoms with Crippen molar-refractivity contribution in [2.45, 2.75) is 44.0 Å². The Labute approximate surface area is 145 Å². The minimum Gasteiger partial charge on any atom is -0.361 e. The monoisotopic (exact) mass is 343 g/mol. The molecule has 1 aromatic carbocycles. The average molecular weight is 343 g/mol. The largest absolute Gasteiger partial charge is 0.361 e. The van der Waals surface area contributed by atoms with Gasteiger partial charge in [-0.2, -0.15) is 4.98 Å². The van der Waals surface area contributed by atoms with E-state index in [1.807, 2.05) is 13.0 Å². The number of aromatic nitrogens is 4. The van der Waals surface area contributed by atoms with Crippen molar-refractivity contribution in [3.05, 3.63) is 47.3 Å². The Morgan fingerprint density at radius 2 is 2.08 bits per heavy atom. The lowest BCUT2D eigenvalue weighted by Crippen LogP contribution is -1.93. The van der Waals surface area contributed by atoms with Gasteiger partial charge in [-0.3, -0.25) is 0 Å². The number of aromatic amines is 1. The molecule has 0 radical (unpaired) electrons. The van der Waals surface area contributed by atoms with Crippen LogP contribution in [-0.4, -0.2) is 20.3 Å². The number of thioether (sulfide) groups is 1. The molecule has 2 heterocycles. The number of hydrogen-bond acceptors (Lipinski definition) is 6. The van der Waals surface area contributed by atoms with Gasteiger partial charge in [0.05, 0.1) is 5.69 Å². The fraction of sp³-hybridized carbons (Fsp3) is 0.353. The summed E-state index contributed by atoms with van der Waals surface area (Å²) in [5.41, 5.74) is 3.24. The SMILES string of the molecule is CCCCc1ccc(Nc2nc(SCc3cc(C)on3)n[nH]2)cc1. The zero-order valence-electron chi connectivity index (χ0n) is 13.9. The summed E-state index contributed by atoms with van der Waals surface area (Å²) in [6.45, 7) is 4.09. The van der Waals surface area contributed by atoms with E-state index in [9.17, 15) is 0 Å². The molecule has 0 atom stereocenters. The van der Waals surface area contributed by atoms with Crippen molar-refractivity contribution in [1.29, 1.82) is 0 Å². The maximum atomic E-state index is 5.05. The first-order valence-electron chi connectivity index (χ1n) is 8.06. The first-order valence-corrected chi connectivity index (χ1v) is 9.05. The van der Waals surface area contributed by atoms with Crippen LogP contribution < -0.4 is 5.32 Å². The Balaban J connectivity index is 1.53. The fourth-order valence-electron chi connectivity index (χ4n) is 2.26. The van der Waals surface area contributed by atoms with Gasteiger partial charge in [0.15, 0.2) is 0 Å². The summed E-state index contributed by atoms with van der Waals surface area (Å²) >= 11 is 1.51. The van der Waals surface area contributed by atoms with Gasteiger partial charge in [0.2, 0.25) is 11.1 Å². The molecule has 3 aromatic rings. The van der Waals surface area contributed by atoms with E-state index in [2.05, 4.69) is 56.8 Å². The van der Waals surface area contributed by atoms with Gasteiger partial charge in [-0.25, -0.2) is 5.10 Å². The summed E-state index contributed by atoms with van der Waals surface area (Å²) < 4.78 is 5.05. The van der Waals surface area contributed by atoms with Crippen LogP contribution in [0.2, 0.25) is 0 Å².